The number of aryl methyl sites for hydroxylation is 1. The molecule has 1 aliphatic rings. The summed E-state index contributed by atoms with van der Waals surface area (Å²) >= 11 is 0. The Morgan fingerprint density at radius 3 is 2.00 bits per heavy atom. The van der Waals surface area contributed by atoms with Crippen molar-refractivity contribution in [3.05, 3.63) is 66.5 Å². The van der Waals surface area contributed by atoms with Gasteiger partial charge in [0.25, 0.3) is 0 Å². The smallest absolute Gasteiger partial charge is 0.159 e. The second kappa shape index (κ2) is 14.8. The number of rotatable bonds is 15. The first kappa shape index (κ1) is 26.4. The maximum Gasteiger partial charge on any atom is 0.159 e. The van der Waals surface area contributed by atoms with Gasteiger partial charge in [-0.2, -0.15) is 0 Å². The average molecular weight is 485 g/mol. The summed E-state index contributed by atoms with van der Waals surface area (Å²) in [4.78, 5) is 9.08. The van der Waals surface area contributed by atoms with Crippen molar-refractivity contribution in [2.75, 3.05) is 6.61 Å². The molecule has 4 rings (SSSR count). The van der Waals surface area contributed by atoms with Crippen molar-refractivity contribution >= 4 is 0 Å². The monoisotopic (exact) mass is 484 g/mol. The van der Waals surface area contributed by atoms with Crippen LogP contribution < -0.4 is 4.74 Å². The second-order valence-electron chi connectivity index (χ2n) is 10.5. The van der Waals surface area contributed by atoms with Crippen molar-refractivity contribution in [2.24, 2.45) is 5.92 Å². The zero-order chi connectivity index (χ0) is 24.8. The van der Waals surface area contributed by atoms with E-state index in [0.29, 0.717) is 0 Å². The van der Waals surface area contributed by atoms with Gasteiger partial charge in [-0.25, -0.2) is 9.97 Å². The number of unbranched alkanes of at least 4 members (excludes halogenated alkanes) is 6. The summed E-state index contributed by atoms with van der Waals surface area (Å²) in [5, 5.41) is 0. The van der Waals surface area contributed by atoms with Crippen LogP contribution in [0.4, 0.5) is 0 Å². The SMILES string of the molecule is CCCCCc1ccc(-c2ccc(-c3ncc(OCCCCCCCC4CCCC4)cn3)cc2)cc1. The molecule has 0 amide bonds. The molecule has 0 spiro atoms. The molecule has 0 bridgehead atoms. The molecule has 0 unspecified atom stereocenters. The van der Waals surface area contributed by atoms with E-state index in [1.165, 1.54) is 100 Å². The highest BCUT2D eigenvalue weighted by atomic mass is 16.5. The van der Waals surface area contributed by atoms with E-state index >= 15 is 0 Å². The molecule has 0 saturated heterocycles. The van der Waals surface area contributed by atoms with Gasteiger partial charge >= 0.3 is 0 Å². The predicted molar refractivity (Wildman–Crippen MR) is 151 cm³/mol. The molecule has 3 heteroatoms. The summed E-state index contributed by atoms with van der Waals surface area (Å²) < 4.78 is 5.88. The minimum atomic E-state index is 0.738. The Morgan fingerprint density at radius 2 is 1.31 bits per heavy atom. The molecule has 0 radical (unpaired) electrons. The van der Waals surface area contributed by atoms with Crippen molar-refractivity contribution in [1.29, 1.82) is 0 Å². The van der Waals surface area contributed by atoms with Crippen molar-refractivity contribution in [3.63, 3.8) is 0 Å². The molecule has 2 aromatic carbocycles. The molecule has 0 aliphatic heterocycles. The third kappa shape index (κ3) is 8.47. The average Bonchev–Trinajstić information content (AvgIpc) is 3.45. The Labute approximate surface area is 218 Å². The fraction of sp³-hybridized carbons (Fsp3) is 0.515. The molecule has 1 aliphatic carbocycles. The summed E-state index contributed by atoms with van der Waals surface area (Å²) in [7, 11) is 0. The normalized spacial score (nSPS) is 13.8. The maximum atomic E-state index is 5.88. The molecule has 192 valence electrons. The Balaban J connectivity index is 1.16. The summed E-state index contributed by atoms with van der Waals surface area (Å²) in [5.74, 6) is 2.53. The maximum absolute atomic E-state index is 5.88. The van der Waals surface area contributed by atoms with Gasteiger partial charge in [0.1, 0.15) is 0 Å². The van der Waals surface area contributed by atoms with E-state index in [2.05, 4.69) is 65.4 Å². The van der Waals surface area contributed by atoms with Gasteiger partial charge in [-0.1, -0.05) is 126 Å². The van der Waals surface area contributed by atoms with Gasteiger partial charge < -0.3 is 4.74 Å². The summed E-state index contributed by atoms with van der Waals surface area (Å²) in [6.07, 6.45) is 22.4. The highest BCUT2D eigenvalue weighted by Crippen LogP contribution is 2.29. The van der Waals surface area contributed by atoms with Gasteiger partial charge in [-0.05, 0) is 41.9 Å². The van der Waals surface area contributed by atoms with Crippen molar-refractivity contribution in [1.82, 2.24) is 9.97 Å². The van der Waals surface area contributed by atoms with Crippen molar-refractivity contribution in [2.45, 2.75) is 96.8 Å². The molecule has 0 atom stereocenters. The molecular formula is C33H44N2O. The number of nitrogens with zero attached hydrogens (tertiary/aromatic N) is 2. The largest absolute Gasteiger partial charge is 0.490 e. The Hall–Kier alpha value is -2.68. The lowest BCUT2D eigenvalue weighted by Crippen LogP contribution is -1.99. The summed E-state index contributed by atoms with van der Waals surface area (Å²) in [5.41, 5.74) is 4.92. The lowest BCUT2D eigenvalue weighted by atomic mass is 9.99. The van der Waals surface area contributed by atoms with E-state index < -0.39 is 0 Å². The highest BCUT2D eigenvalue weighted by molar-refractivity contribution is 5.67. The number of hydrogen-bond donors (Lipinski definition) is 0. The molecule has 1 saturated carbocycles. The fourth-order valence-electron chi connectivity index (χ4n) is 5.35. The zero-order valence-corrected chi connectivity index (χ0v) is 22.3. The minimum Gasteiger partial charge on any atom is -0.490 e. The zero-order valence-electron chi connectivity index (χ0n) is 22.3. The van der Waals surface area contributed by atoms with Crippen molar-refractivity contribution in [3.8, 4) is 28.3 Å². The molecule has 1 fully saturated rings. The first-order valence-corrected chi connectivity index (χ1v) is 14.5. The minimum absolute atomic E-state index is 0.738. The Morgan fingerprint density at radius 1 is 0.694 bits per heavy atom. The van der Waals surface area contributed by atoms with Gasteiger partial charge in [0.05, 0.1) is 19.0 Å². The number of ether oxygens (including phenoxy) is 1. The Bertz CT molecular complexity index is 989. The first-order valence-electron chi connectivity index (χ1n) is 14.5. The van der Waals surface area contributed by atoms with Crippen LogP contribution in [0, 0.1) is 5.92 Å². The lowest BCUT2D eigenvalue weighted by molar-refractivity contribution is 0.301. The highest BCUT2D eigenvalue weighted by Gasteiger charge is 2.13. The number of benzene rings is 2. The van der Waals surface area contributed by atoms with E-state index in [0.717, 1.165) is 36.1 Å². The molecule has 3 nitrogen and oxygen atoms in total. The van der Waals surface area contributed by atoms with Crippen LogP contribution >= 0.6 is 0 Å². The quantitative estimate of drug-likeness (QED) is 0.201. The van der Waals surface area contributed by atoms with Crippen LogP contribution in [0.3, 0.4) is 0 Å². The van der Waals surface area contributed by atoms with Gasteiger partial charge in [0.15, 0.2) is 11.6 Å². The fourth-order valence-corrected chi connectivity index (χ4v) is 5.35. The van der Waals surface area contributed by atoms with E-state index in [4.69, 9.17) is 4.74 Å². The van der Waals surface area contributed by atoms with Crippen LogP contribution in [-0.4, -0.2) is 16.6 Å². The molecule has 0 N–H and O–H groups in total. The first-order chi connectivity index (χ1) is 17.8. The number of aromatic nitrogens is 2. The van der Waals surface area contributed by atoms with E-state index in [9.17, 15) is 0 Å². The van der Waals surface area contributed by atoms with Gasteiger partial charge in [-0.3, -0.25) is 0 Å². The van der Waals surface area contributed by atoms with Crippen LogP contribution in [0.25, 0.3) is 22.5 Å². The van der Waals surface area contributed by atoms with E-state index in [1.54, 1.807) is 12.4 Å². The van der Waals surface area contributed by atoms with Crippen LogP contribution in [0.15, 0.2) is 60.9 Å². The summed E-state index contributed by atoms with van der Waals surface area (Å²) in [6, 6.07) is 17.5. The third-order valence-electron chi connectivity index (χ3n) is 7.63. The summed E-state index contributed by atoms with van der Waals surface area (Å²) in [6.45, 7) is 3.00. The van der Waals surface area contributed by atoms with Crippen LogP contribution in [0.5, 0.6) is 5.75 Å². The van der Waals surface area contributed by atoms with Gasteiger partial charge in [0, 0.05) is 5.56 Å². The molecule has 1 aromatic heterocycles. The van der Waals surface area contributed by atoms with E-state index in [1.807, 2.05) is 0 Å². The van der Waals surface area contributed by atoms with Gasteiger partial charge in [-0.15, -0.1) is 0 Å². The molecule has 3 aromatic rings. The van der Waals surface area contributed by atoms with Crippen LogP contribution in [-0.2, 0) is 6.42 Å². The van der Waals surface area contributed by atoms with Crippen LogP contribution in [0.2, 0.25) is 0 Å². The number of hydrogen-bond acceptors (Lipinski definition) is 3. The molecular weight excluding hydrogens is 440 g/mol. The van der Waals surface area contributed by atoms with Crippen molar-refractivity contribution < 1.29 is 4.74 Å². The standard InChI is InChI=1S/C33H44N2O/c1-2-3-7-12-28-16-18-29(19-17-28)30-20-22-31(23-21-30)33-34-25-32(26-35-33)36-24-11-6-4-5-8-13-27-14-9-10-15-27/h16-23,25-27H,2-15,24H2,1H3. The molecule has 36 heavy (non-hydrogen) atoms. The lowest BCUT2D eigenvalue weighted by Gasteiger charge is -2.09. The second-order valence-corrected chi connectivity index (χ2v) is 10.5. The third-order valence-corrected chi connectivity index (χ3v) is 7.63. The van der Waals surface area contributed by atoms with E-state index in [-0.39, 0.29) is 0 Å². The van der Waals surface area contributed by atoms with Crippen LogP contribution in [0.1, 0.15) is 96.0 Å². The predicted octanol–water partition coefficient (Wildman–Crippen LogP) is 9.45. The van der Waals surface area contributed by atoms with Gasteiger partial charge in [0.2, 0.25) is 0 Å². The topological polar surface area (TPSA) is 35.0 Å². The molecule has 1 heterocycles. The Kier molecular flexibility index (Phi) is 10.8.